The number of aromatic nitrogens is 2. The number of nitrogens with zero attached hydrogens (tertiary/aromatic N) is 2. The maximum absolute atomic E-state index is 12.3. The Morgan fingerprint density at radius 1 is 1.41 bits per heavy atom. The predicted octanol–water partition coefficient (Wildman–Crippen LogP) is 2.49. The number of carbonyl (C=O) groups is 1. The van der Waals surface area contributed by atoms with Crippen LogP contribution in [0.3, 0.4) is 0 Å². The van der Waals surface area contributed by atoms with Crippen molar-refractivity contribution in [3.63, 3.8) is 0 Å². The Morgan fingerprint density at radius 3 is 3.12 bits per heavy atom. The summed E-state index contributed by atoms with van der Waals surface area (Å²) in [6.07, 6.45) is 5.41. The number of carbonyl (C=O) groups excluding carboxylic acids is 1. The third-order valence-electron chi connectivity index (χ3n) is 2.95. The first-order chi connectivity index (χ1) is 8.34. The number of imidazole rings is 1. The van der Waals surface area contributed by atoms with Gasteiger partial charge in [-0.05, 0) is 6.07 Å². The normalized spacial score (nSPS) is 19.1. The highest BCUT2D eigenvalue weighted by atomic mass is 32.2. The van der Waals surface area contributed by atoms with Crippen LogP contribution < -0.4 is 0 Å². The molecule has 3 nitrogen and oxygen atoms in total. The van der Waals surface area contributed by atoms with Crippen LogP contribution in [0.15, 0.2) is 47.9 Å². The zero-order valence-electron chi connectivity index (χ0n) is 9.24. The van der Waals surface area contributed by atoms with E-state index in [4.69, 9.17) is 0 Å². The molecule has 17 heavy (non-hydrogen) atoms. The molecule has 0 spiro atoms. The molecule has 1 aromatic heterocycles. The minimum Gasteiger partial charge on any atom is -0.337 e. The molecule has 4 heteroatoms. The van der Waals surface area contributed by atoms with E-state index in [-0.39, 0.29) is 11.7 Å². The minimum atomic E-state index is 0.0594. The van der Waals surface area contributed by atoms with Crippen molar-refractivity contribution in [1.29, 1.82) is 0 Å². The van der Waals surface area contributed by atoms with E-state index in [1.165, 1.54) is 0 Å². The fourth-order valence-electron chi connectivity index (χ4n) is 2.07. The Labute approximate surface area is 104 Å². The van der Waals surface area contributed by atoms with Gasteiger partial charge in [0.1, 0.15) is 0 Å². The molecule has 0 N–H and O–H groups in total. The number of ketones is 1. The number of benzene rings is 1. The molecule has 0 saturated carbocycles. The van der Waals surface area contributed by atoms with Gasteiger partial charge in [-0.25, -0.2) is 4.98 Å². The highest BCUT2D eigenvalue weighted by molar-refractivity contribution is 7.99. The van der Waals surface area contributed by atoms with Gasteiger partial charge in [-0.3, -0.25) is 4.79 Å². The third kappa shape index (κ3) is 2.00. The van der Waals surface area contributed by atoms with Gasteiger partial charge in [0.05, 0.1) is 6.33 Å². The lowest BCUT2D eigenvalue weighted by Gasteiger charge is -2.22. The lowest BCUT2D eigenvalue weighted by atomic mass is 9.98. The second-order valence-corrected chi connectivity index (χ2v) is 5.19. The topological polar surface area (TPSA) is 34.9 Å². The van der Waals surface area contributed by atoms with Gasteiger partial charge >= 0.3 is 0 Å². The molecule has 1 aliphatic rings. The van der Waals surface area contributed by atoms with Gasteiger partial charge in [0.2, 0.25) is 0 Å². The van der Waals surface area contributed by atoms with E-state index >= 15 is 0 Å². The van der Waals surface area contributed by atoms with Crippen molar-refractivity contribution in [2.45, 2.75) is 11.4 Å². The van der Waals surface area contributed by atoms with Gasteiger partial charge in [0.15, 0.2) is 5.78 Å². The average Bonchev–Trinajstić information content (AvgIpc) is 2.86. The van der Waals surface area contributed by atoms with Crippen molar-refractivity contribution < 1.29 is 4.79 Å². The molecule has 0 fully saturated rings. The first-order valence-electron chi connectivity index (χ1n) is 5.56. The van der Waals surface area contributed by atoms with Gasteiger partial charge < -0.3 is 4.57 Å². The molecule has 2 heterocycles. The Bertz CT molecular complexity index is 536. The standard InChI is InChI=1S/C13H12N2OS/c16-13-10(7-15-6-5-14-9-15)8-17-12-4-2-1-3-11(12)13/h1-6,9-10H,7-8H2. The Kier molecular flexibility index (Phi) is 2.73. The maximum Gasteiger partial charge on any atom is 0.169 e. The Balaban J connectivity index is 1.84. The molecule has 0 amide bonds. The molecule has 0 radical (unpaired) electrons. The summed E-state index contributed by atoms with van der Waals surface area (Å²) in [6.45, 7) is 0.722. The van der Waals surface area contributed by atoms with Crippen LogP contribution in [0, 0.1) is 5.92 Å². The Morgan fingerprint density at radius 2 is 2.29 bits per heavy atom. The van der Waals surface area contributed by atoms with Crippen LogP contribution in [0.2, 0.25) is 0 Å². The van der Waals surface area contributed by atoms with Crippen LogP contribution in [-0.4, -0.2) is 21.1 Å². The molecule has 3 rings (SSSR count). The van der Waals surface area contributed by atoms with E-state index < -0.39 is 0 Å². The van der Waals surface area contributed by atoms with Gasteiger partial charge in [0, 0.05) is 41.1 Å². The lowest BCUT2D eigenvalue weighted by molar-refractivity contribution is 0.0915. The molecule has 1 aromatic carbocycles. The number of hydrogen-bond acceptors (Lipinski definition) is 3. The molecule has 1 unspecified atom stereocenters. The number of fused-ring (bicyclic) bond motifs is 1. The van der Waals surface area contributed by atoms with Crippen LogP contribution in [0.25, 0.3) is 0 Å². The zero-order chi connectivity index (χ0) is 11.7. The van der Waals surface area contributed by atoms with E-state index in [1.54, 1.807) is 24.3 Å². The van der Waals surface area contributed by atoms with Crippen LogP contribution in [0.1, 0.15) is 10.4 Å². The summed E-state index contributed by atoms with van der Waals surface area (Å²) in [6, 6.07) is 7.85. The maximum atomic E-state index is 12.3. The average molecular weight is 244 g/mol. The monoisotopic (exact) mass is 244 g/mol. The summed E-state index contributed by atoms with van der Waals surface area (Å²) in [5.74, 6) is 1.17. The molecule has 2 aromatic rings. The summed E-state index contributed by atoms with van der Waals surface area (Å²) < 4.78 is 1.97. The first kappa shape index (κ1) is 10.6. The van der Waals surface area contributed by atoms with Gasteiger partial charge in [-0.2, -0.15) is 0 Å². The summed E-state index contributed by atoms with van der Waals surface area (Å²) in [5, 5.41) is 0. The summed E-state index contributed by atoms with van der Waals surface area (Å²) in [7, 11) is 0. The second kappa shape index (κ2) is 4.37. The van der Waals surface area contributed by atoms with E-state index in [1.807, 2.05) is 35.0 Å². The molecule has 0 saturated heterocycles. The van der Waals surface area contributed by atoms with Crippen LogP contribution in [-0.2, 0) is 6.54 Å². The highest BCUT2D eigenvalue weighted by Crippen LogP contribution is 2.33. The van der Waals surface area contributed by atoms with Gasteiger partial charge in [0.25, 0.3) is 0 Å². The minimum absolute atomic E-state index is 0.0594. The second-order valence-electron chi connectivity index (χ2n) is 4.13. The Hall–Kier alpha value is -1.55. The lowest BCUT2D eigenvalue weighted by Crippen LogP contribution is -2.26. The fourth-order valence-corrected chi connectivity index (χ4v) is 3.20. The van der Waals surface area contributed by atoms with E-state index in [0.717, 1.165) is 22.8 Å². The van der Waals surface area contributed by atoms with Crippen LogP contribution in [0.4, 0.5) is 0 Å². The molecule has 1 aliphatic heterocycles. The quantitative estimate of drug-likeness (QED) is 0.814. The van der Waals surface area contributed by atoms with Crippen LogP contribution >= 0.6 is 11.8 Å². The molecule has 0 bridgehead atoms. The van der Waals surface area contributed by atoms with Crippen molar-refractivity contribution >= 4 is 17.5 Å². The van der Waals surface area contributed by atoms with Crippen LogP contribution in [0.5, 0.6) is 0 Å². The van der Waals surface area contributed by atoms with Gasteiger partial charge in [-0.1, -0.05) is 18.2 Å². The summed E-state index contributed by atoms with van der Waals surface area (Å²) >= 11 is 1.77. The highest BCUT2D eigenvalue weighted by Gasteiger charge is 2.27. The van der Waals surface area contributed by atoms with Crippen molar-refractivity contribution in [3.05, 3.63) is 48.5 Å². The van der Waals surface area contributed by atoms with E-state index in [9.17, 15) is 4.79 Å². The SMILES string of the molecule is O=C1c2ccccc2SCC1Cn1ccnc1. The largest absolute Gasteiger partial charge is 0.337 e. The van der Waals surface area contributed by atoms with Crippen molar-refractivity contribution in [2.75, 3.05) is 5.75 Å². The molecular weight excluding hydrogens is 232 g/mol. The number of hydrogen-bond donors (Lipinski definition) is 0. The summed E-state index contributed by atoms with van der Waals surface area (Å²) in [4.78, 5) is 17.4. The molecule has 0 aliphatic carbocycles. The van der Waals surface area contributed by atoms with Crippen molar-refractivity contribution in [3.8, 4) is 0 Å². The zero-order valence-corrected chi connectivity index (χ0v) is 10.1. The fraction of sp³-hybridized carbons (Fsp3) is 0.231. The predicted molar refractivity (Wildman–Crippen MR) is 67.2 cm³/mol. The number of Topliss-reactive ketones (excluding diaryl/α,β-unsaturated/α-hetero) is 1. The number of rotatable bonds is 2. The van der Waals surface area contributed by atoms with Gasteiger partial charge in [-0.15, -0.1) is 11.8 Å². The molecule has 86 valence electrons. The first-order valence-corrected chi connectivity index (χ1v) is 6.55. The molecular formula is C13H12N2OS. The summed E-state index contributed by atoms with van der Waals surface area (Å²) in [5.41, 5.74) is 0.869. The van der Waals surface area contributed by atoms with E-state index in [0.29, 0.717) is 0 Å². The molecule has 1 atom stereocenters. The smallest absolute Gasteiger partial charge is 0.169 e. The number of thioether (sulfide) groups is 1. The third-order valence-corrected chi connectivity index (χ3v) is 4.19. The van der Waals surface area contributed by atoms with E-state index in [2.05, 4.69) is 4.98 Å². The van der Waals surface area contributed by atoms with Crippen molar-refractivity contribution in [1.82, 2.24) is 9.55 Å². The van der Waals surface area contributed by atoms with Crippen molar-refractivity contribution in [2.24, 2.45) is 5.92 Å².